The fourth-order valence-corrected chi connectivity index (χ4v) is 1.17. The second-order valence-electron chi connectivity index (χ2n) is 3.07. The molecule has 0 saturated heterocycles. The van der Waals surface area contributed by atoms with Crippen LogP contribution in [0, 0.1) is 0 Å². The molecule has 0 heterocycles. The molecule has 0 atom stereocenters. The van der Waals surface area contributed by atoms with Gasteiger partial charge in [0, 0.05) is 10.6 Å². The molecule has 0 spiro atoms. The van der Waals surface area contributed by atoms with E-state index < -0.39 is 18.4 Å². The topological polar surface area (TPSA) is 75.1 Å². The predicted octanol–water partition coefficient (Wildman–Crippen LogP) is -0.527. The molecular formula is C8H6BF3KN3O2. The second-order valence-corrected chi connectivity index (χ2v) is 3.07. The van der Waals surface area contributed by atoms with E-state index in [-0.39, 0.29) is 62.6 Å². The zero-order valence-corrected chi connectivity index (χ0v) is 12.7. The van der Waals surface area contributed by atoms with Crippen LogP contribution in [0.15, 0.2) is 23.3 Å². The summed E-state index contributed by atoms with van der Waals surface area (Å²) in [5, 5.41) is 3.04. The molecule has 0 unspecified atom stereocenters. The van der Waals surface area contributed by atoms with Gasteiger partial charge in [-0.05, 0) is 11.6 Å². The van der Waals surface area contributed by atoms with Gasteiger partial charge in [0.25, 0.3) is 0 Å². The molecule has 0 aliphatic carbocycles. The van der Waals surface area contributed by atoms with Gasteiger partial charge in [0.2, 0.25) is 0 Å². The number of azide groups is 1. The quantitative estimate of drug-likeness (QED) is 0.246. The van der Waals surface area contributed by atoms with E-state index in [4.69, 9.17) is 5.53 Å². The maximum absolute atomic E-state index is 12.5. The smallest absolute Gasteiger partial charge is 0.465 e. The summed E-state index contributed by atoms with van der Waals surface area (Å²) in [6.07, 6.45) is 0. The van der Waals surface area contributed by atoms with Crippen molar-refractivity contribution in [1.29, 1.82) is 0 Å². The summed E-state index contributed by atoms with van der Waals surface area (Å²) in [5.74, 6) is -0.929. The Balaban J connectivity index is 0.00000289. The minimum atomic E-state index is -5.28. The summed E-state index contributed by atoms with van der Waals surface area (Å²) in [4.78, 5) is 13.5. The van der Waals surface area contributed by atoms with Crippen LogP contribution in [0.1, 0.15) is 10.4 Å². The largest absolute Gasteiger partial charge is 1.00 e. The summed E-state index contributed by atoms with van der Waals surface area (Å²) in [6, 6.07) is 2.35. The second kappa shape index (κ2) is 7.17. The normalized spacial score (nSPS) is 10.0. The third kappa shape index (κ3) is 4.64. The summed E-state index contributed by atoms with van der Waals surface area (Å²) >= 11 is 0. The average Bonchev–Trinajstić information content (AvgIpc) is 2.27. The van der Waals surface area contributed by atoms with E-state index in [0.29, 0.717) is 12.1 Å². The minimum absolute atomic E-state index is 0. The summed E-state index contributed by atoms with van der Waals surface area (Å²) in [7, 11) is 1.04. The van der Waals surface area contributed by atoms with E-state index >= 15 is 0 Å². The minimum Gasteiger partial charge on any atom is -0.465 e. The molecule has 0 radical (unpaired) electrons. The van der Waals surface area contributed by atoms with Gasteiger partial charge in [-0.3, -0.25) is 0 Å². The maximum Gasteiger partial charge on any atom is 1.00 e. The molecule has 0 aromatic heterocycles. The zero-order chi connectivity index (χ0) is 13.1. The van der Waals surface area contributed by atoms with E-state index in [0.717, 1.165) is 13.2 Å². The summed E-state index contributed by atoms with van der Waals surface area (Å²) in [6.45, 7) is -5.28. The van der Waals surface area contributed by atoms with E-state index in [9.17, 15) is 17.7 Å². The number of carbonyl (C=O) groups excluding carboxylic acids is 1. The van der Waals surface area contributed by atoms with Gasteiger partial charge in [-0.15, -0.1) is 5.46 Å². The number of ether oxygens (including phenoxy) is 1. The van der Waals surface area contributed by atoms with Gasteiger partial charge in [0.05, 0.1) is 12.7 Å². The Bertz CT molecular complexity index is 503. The molecule has 0 bridgehead atoms. The van der Waals surface area contributed by atoms with E-state index in [1.54, 1.807) is 0 Å². The fourth-order valence-electron chi connectivity index (χ4n) is 1.17. The van der Waals surface area contributed by atoms with Crippen molar-refractivity contribution in [2.24, 2.45) is 5.11 Å². The molecular weight excluding hydrogens is 277 g/mol. The number of carbonyl (C=O) groups is 1. The Morgan fingerprint density at radius 2 is 2.00 bits per heavy atom. The van der Waals surface area contributed by atoms with Gasteiger partial charge >= 0.3 is 64.3 Å². The first-order chi connectivity index (χ1) is 7.88. The molecule has 0 aliphatic heterocycles. The Morgan fingerprint density at radius 3 is 2.44 bits per heavy atom. The maximum atomic E-state index is 12.5. The average molecular weight is 283 g/mol. The van der Waals surface area contributed by atoms with Crippen molar-refractivity contribution in [3.05, 3.63) is 34.2 Å². The van der Waals surface area contributed by atoms with Crippen molar-refractivity contribution in [3.63, 3.8) is 0 Å². The van der Waals surface area contributed by atoms with Crippen LogP contribution in [0.5, 0.6) is 0 Å². The Morgan fingerprint density at radius 1 is 1.39 bits per heavy atom. The van der Waals surface area contributed by atoms with Crippen LogP contribution in [0.25, 0.3) is 10.4 Å². The molecule has 1 aromatic carbocycles. The van der Waals surface area contributed by atoms with Crippen LogP contribution >= 0.6 is 0 Å². The number of nitrogens with zero attached hydrogens (tertiary/aromatic N) is 3. The molecule has 10 heteroatoms. The van der Waals surface area contributed by atoms with E-state index in [1.807, 2.05) is 0 Å². The number of esters is 1. The van der Waals surface area contributed by atoms with Gasteiger partial charge in [-0.25, -0.2) is 4.79 Å². The van der Waals surface area contributed by atoms with Crippen molar-refractivity contribution in [2.45, 2.75) is 0 Å². The van der Waals surface area contributed by atoms with Gasteiger partial charge in [-0.2, -0.15) is 0 Å². The molecule has 1 aromatic rings. The predicted molar refractivity (Wildman–Crippen MR) is 55.3 cm³/mol. The SMILES string of the molecule is COC(=O)c1cc(N=[N+]=[N-])cc([B-](F)(F)F)c1.[K+]. The number of rotatable bonds is 3. The first-order valence-electron chi connectivity index (χ1n) is 4.37. The monoisotopic (exact) mass is 283 g/mol. The summed E-state index contributed by atoms with van der Waals surface area (Å²) in [5.41, 5.74) is 6.55. The van der Waals surface area contributed by atoms with Crippen molar-refractivity contribution in [2.75, 3.05) is 7.11 Å². The molecule has 0 saturated carbocycles. The van der Waals surface area contributed by atoms with Crippen LogP contribution in [0.2, 0.25) is 0 Å². The van der Waals surface area contributed by atoms with Gasteiger partial charge < -0.3 is 17.7 Å². The van der Waals surface area contributed by atoms with Crippen LogP contribution in [0.4, 0.5) is 18.6 Å². The molecule has 0 N–H and O–H groups in total. The summed E-state index contributed by atoms with van der Waals surface area (Å²) < 4.78 is 41.9. The molecule has 0 aliphatic rings. The third-order valence-corrected chi connectivity index (χ3v) is 1.90. The van der Waals surface area contributed by atoms with Gasteiger partial charge in [0.15, 0.2) is 0 Å². The van der Waals surface area contributed by atoms with Crippen molar-refractivity contribution >= 4 is 24.1 Å². The first-order valence-corrected chi connectivity index (χ1v) is 4.37. The van der Waals surface area contributed by atoms with Crippen LogP contribution in [0.3, 0.4) is 0 Å². The van der Waals surface area contributed by atoms with Crippen molar-refractivity contribution < 1.29 is 73.9 Å². The van der Waals surface area contributed by atoms with Crippen LogP contribution < -0.4 is 56.8 Å². The molecule has 18 heavy (non-hydrogen) atoms. The number of benzene rings is 1. The van der Waals surface area contributed by atoms with Gasteiger partial charge in [-0.1, -0.05) is 17.2 Å². The molecule has 5 nitrogen and oxygen atoms in total. The standard InChI is InChI=1S/C8H6BF3N3O2.K/c1-17-8(16)5-2-6(9(10,11)12)4-7(3-5)14-15-13;/h2-4H,1H3;/q-1;+1. The molecule has 0 amide bonds. The number of hydrogen-bond acceptors (Lipinski definition) is 3. The third-order valence-electron chi connectivity index (χ3n) is 1.90. The number of methoxy groups -OCH3 is 1. The van der Waals surface area contributed by atoms with Crippen LogP contribution in [-0.2, 0) is 4.74 Å². The van der Waals surface area contributed by atoms with Crippen molar-refractivity contribution in [3.8, 4) is 0 Å². The van der Waals surface area contributed by atoms with Crippen LogP contribution in [-0.4, -0.2) is 20.1 Å². The van der Waals surface area contributed by atoms with Crippen molar-refractivity contribution in [1.82, 2.24) is 0 Å². The van der Waals surface area contributed by atoms with E-state index in [1.165, 1.54) is 0 Å². The zero-order valence-electron chi connectivity index (χ0n) is 9.60. The molecule has 1 rings (SSSR count). The molecule has 90 valence electrons. The van der Waals surface area contributed by atoms with E-state index in [2.05, 4.69) is 14.8 Å². The number of hydrogen-bond donors (Lipinski definition) is 0. The Labute approximate surface area is 143 Å². The fraction of sp³-hybridized carbons (Fsp3) is 0.125. The number of halogens is 3. The molecule has 0 fully saturated rings. The van der Waals surface area contributed by atoms with Gasteiger partial charge in [0.1, 0.15) is 0 Å². The Kier molecular flexibility index (Phi) is 6.97. The first kappa shape index (κ1) is 17.5. The Hall–Kier alpha value is -0.509.